The summed E-state index contributed by atoms with van der Waals surface area (Å²) in [6, 6.07) is 24.1. The van der Waals surface area contributed by atoms with Gasteiger partial charge in [0.2, 0.25) is 0 Å². The number of rotatable bonds is 4. The standard InChI is InChI=1S/C29H24N2O3S/c1-33-21-13-15-24(34-2)20(16-21)17-25-28(32)31-27(19-9-4-3-5-10-19)23-14-12-18-8-6-7-11-22(18)26(23)30-29(31)35-25/h3-11,13,15-17,27H,12,14H2,1-2H3. The Bertz CT molecular complexity index is 1650. The monoisotopic (exact) mass is 480 g/mol. The van der Waals surface area contributed by atoms with Crippen molar-refractivity contribution in [1.82, 2.24) is 4.57 Å². The predicted octanol–water partition coefficient (Wildman–Crippen LogP) is 4.34. The molecule has 2 heterocycles. The van der Waals surface area contributed by atoms with Gasteiger partial charge in [0.15, 0.2) is 4.80 Å². The Kier molecular flexibility index (Phi) is 5.38. The van der Waals surface area contributed by atoms with Gasteiger partial charge in [0.25, 0.3) is 5.56 Å². The molecular formula is C29H24N2O3S. The van der Waals surface area contributed by atoms with Crippen molar-refractivity contribution < 1.29 is 9.47 Å². The number of hydrogen-bond donors (Lipinski definition) is 0. The van der Waals surface area contributed by atoms with Crippen LogP contribution >= 0.6 is 11.3 Å². The zero-order valence-electron chi connectivity index (χ0n) is 19.5. The summed E-state index contributed by atoms with van der Waals surface area (Å²) >= 11 is 1.42. The molecule has 3 aromatic carbocycles. The normalized spacial score (nSPS) is 16.7. The van der Waals surface area contributed by atoms with Gasteiger partial charge in [0.05, 0.1) is 30.5 Å². The van der Waals surface area contributed by atoms with Crippen molar-refractivity contribution in [3.8, 4) is 11.5 Å². The molecule has 1 unspecified atom stereocenters. The van der Waals surface area contributed by atoms with Gasteiger partial charge in [-0.25, -0.2) is 4.99 Å². The number of ether oxygens (including phenoxy) is 2. The molecule has 0 N–H and O–H groups in total. The molecule has 4 aromatic rings. The van der Waals surface area contributed by atoms with Crippen molar-refractivity contribution >= 4 is 23.1 Å². The van der Waals surface area contributed by atoms with Crippen molar-refractivity contribution in [3.05, 3.63) is 120 Å². The number of methoxy groups -OCH3 is 2. The van der Waals surface area contributed by atoms with E-state index in [1.807, 2.05) is 47.0 Å². The summed E-state index contributed by atoms with van der Waals surface area (Å²) in [6.45, 7) is 0. The highest BCUT2D eigenvalue weighted by Gasteiger charge is 2.32. The van der Waals surface area contributed by atoms with Crippen LogP contribution in [0.25, 0.3) is 11.8 Å². The summed E-state index contributed by atoms with van der Waals surface area (Å²) in [7, 11) is 3.25. The fourth-order valence-electron chi connectivity index (χ4n) is 5.05. The predicted molar refractivity (Wildman–Crippen MR) is 139 cm³/mol. The number of aromatic nitrogens is 1. The van der Waals surface area contributed by atoms with Crippen LogP contribution in [0.3, 0.4) is 0 Å². The van der Waals surface area contributed by atoms with Gasteiger partial charge in [0.1, 0.15) is 11.5 Å². The molecular weight excluding hydrogens is 456 g/mol. The summed E-state index contributed by atoms with van der Waals surface area (Å²) in [5.74, 6) is 1.39. The fourth-order valence-corrected chi connectivity index (χ4v) is 6.04. The van der Waals surface area contributed by atoms with Crippen LogP contribution in [-0.2, 0) is 6.42 Å². The van der Waals surface area contributed by atoms with Crippen LogP contribution in [0, 0.1) is 0 Å². The largest absolute Gasteiger partial charge is 0.497 e. The van der Waals surface area contributed by atoms with E-state index in [1.54, 1.807) is 14.2 Å². The Hall–Kier alpha value is -3.90. The molecule has 1 aliphatic heterocycles. The Morgan fingerprint density at radius 2 is 1.77 bits per heavy atom. The second-order valence-electron chi connectivity index (χ2n) is 8.63. The molecule has 0 saturated heterocycles. The molecule has 0 bridgehead atoms. The van der Waals surface area contributed by atoms with Gasteiger partial charge in [-0.05, 0) is 53.8 Å². The summed E-state index contributed by atoms with van der Waals surface area (Å²) in [4.78, 5) is 19.6. The second kappa shape index (κ2) is 8.71. The number of fused-ring (bicyclic) bond motifs is 3. The van der Waals surface area contributed by atoms with E-state index in [0.29, 0.717) is 20.8 Å². The molecule has 174 valence electrons. The molecule has 1 aliphatic carbocycles. The zero-order chi connectivity index (χ0) is 23.9. The molecule has 0 saturated carbocycles. The van der Waals surface area contributed by atoms with Crippen LogP contribution in [-0.4, -0.2) is 18.8 Å². The molecule has 6 rings (SSSR count). The highest BCUT2D eigenvalue weighted by atomic mass is 32.1. The minimum Gasteiger partial charge on any atom is -0.497 e. The first-order valence-corrected chi connectivity index (χ1v) is 12.4. The molecule has 0 amide bonds. The molecule has 0 radical (unpaired) electrons. The van der Waals surface area contributed by atoms with Crippen LogP contribution in [0.1, 0.15) is 34.7 Å². The van der Waals surface area contributed by atoms with Gasteiger partial charge < -0.3 is 9.47 Å². The lowest BCUT2D eigenvalue weighted by atomic mass is 9.83. The van der Waals surface area contributed by atoms with E-state index in [1.165, 1.54) is 28.0 Å². The number of allylic oxidation sites excluding steroid dienone is 1. The average Bonchev–Trinajstić information content (AvgIpc) is 3.22. The maximum Gasteiger partial charge on any atom is 0.271 e. The van der Waals surface area contributed by atoms with Gasteiger partial charge in [-0.15, -0.1) is 0 Å². The first-order chi connectivity index (χ1) is 17.2. The van der Waals surface area contributed by atoms with E-state index in [9.17, 15) is 4.79 Å². The molecule has 0 fully saturated rings. The third-order valence-corrected chi connectivity index (χ3v) is 7.69. The van der Waals surface area contributed by atoms with Crippen molar-refractivity contribution in [1.29, 1.82) is 0 Å². The van der Waals surface area contributed by atoms with Gasteiger partial charge in [-0.3, -0.25) is 9.36 Å². The Morgan fingerprint density at radius 1 is 0.971 bits per heavy atom. The lowest BCUT2D eigenvalue weighted by Gasteiger charge is -2.30. The van der Waals surface area contributed by atoms with Crippen molar-refractivity contribution in [3.63, 3.8) is 0 Å². The van der Waals surface area contributed by atoms with E-state index in [0.717, 1.165) is 29.7 Å². The summed E-state index contributed by atoms with van der Waals surface area (Å²) in [5, 5.41) is 0. The smallest absolute Gasteiger partial charge is 0.271 e. The Morgan fingerprint density at radius 3 is 2.57 bits per heavy atom. The number of nitrogens with zero attached hydrogens (tertiary/aromatic N) is 2. The summed E-state index contributed by atoms with van der Waals surface area (Å²) in [5.41, 5.74) is 6.53. The van der Waals surface area contributed by atoms with E-state index in [4.69, 9.17) is 14.5 Å². The van der Waals surface area contributed by atoms with Crippen LogP contribution < -0.4 is 24.4 Å². The molecule has 2 aliphatic rings. The lowest BCUT2D eigenvalue weighted by Crippen LogP contribution is -2.38. The molecule has 35 heavy (non-hydrogen) atoms. The average molecular weight is 481 g/mol. The van der Waals surface area contributed by atoms with Crippen LogP contribution in [0.2, 0.25) is 0 Å². The molecule has 1 atom stereocenters. The van der Waals surface area contributed by atoms with E-state index in [2.05, 4.69) is 36.4 Å². The first kappa shape index (κ1) is 21.6. The summed E-state index contributed by atoms with van der Waals surface area (Å²) in [6.07, 6.45) is 3.70. The molecule has 5 nitrogen and oxygen atoms in total. The fraction of sp³-hybridized carbons (Fsp3) is 0.172. The van der Waals surface area contributed by atoms with Crippen molar-refractivity contribution in [2.75, 3.05) is 14.2 Å². The number of hydrogen-bond acceptors (Lipinski definition) is 5. The van der Waals surface area contributed by atoms with Crippen LogP contribution in [0.5, 0.6) is 11.5 Å². The van der Waals surface area contributed by atoms with Crippen LogP contribution in [0.4, 0.5) is 0 Å². The molecule has 6 heteroatoms. The van der Waals surface area contributed by atoms with Crippen molar-refractivity contribution in [2.24, 2.45) is 4.99 Å². The van der Waals surface area contributed by atoms with Crippen molar-refractivity contribution in [2.45, 2.75) is 18.9 Å². The van der Waals surface area contributed by atoms with Crippen LogP contribution in [0.15, 0.2) is 88.2 Å². The maximum atomic E-state index is 13.9. The first-order valence-electron chi connectivity index (χ1n) is 11.6. The Balaban J connectivity index is 1.62. The minimum atomic E-state index is -0.176. The molecule has 1 aromatic heterocycles. The number of benzene rings is 3. The SMILES string of the molecule is COc1ccc(OC)c(C=c2sc3n(c2=O)C(c2ccccc2)C2=C(N=3)c3ccccc3CC2)c1. The molecule has 0 spiro atoms. The number of aryl methyl sites for hydroxylation is 1. The minimum absolute atomic E-state index is 0.0436. The van der Waals surface area contributed by atoms with Gasteiger partial charge in [0, 0.05) is 11.1 Å². The second-order valence-corrected chi connectivity index (χ2v) is 9.64. The van der Waals surface area contributed by atoms with Gasteiger partial charge >= 0.3 is 0 Å². The highest BCUT2D eigenvalue weighted by molar-refractivity contribution is 7.07. The van der Waals surface area contributed by atoms with Gasteiger partial charge in [-0.1, -0.05) is 65.9 Å². The quantitative estimate of drug-likeness (QED) is 0.437. The third-order valence-electron chi connectivity index (χ3n) is 6.71. The summed E-state index contributed by atoms with van der Waals surface area (Å²) < 4.78 is 13.4. The van der Waals surface area contributed by atoms with Gasteiger partial charge in [-0.2, -0.15) is 0 Å². The van der Waals surface area contributed by atoms with E-state index in [-0.39, 0.29) is 11.6 Å². The zero-order valence-corrected chi connectivity index (χ0v) is 20.3. The highest BCUT2D eigenvalue weighted by Crippen LogP contribution is 2.41. The Labute approximate surface area is 206 Å². The van der Waals surface area contributed by atoms with E-state index < -0.39 is 0 Å². The number of thiazole rings is 1. The third kappa shape index (κ3) is 3.61. The maximum absolute atomic E-state index is 13.9. The van der Waals surface area contributed by atoms with E-state index >= 15 is 0 Å². The topological polar surface area (TPSA) is 52.8 Å². The lowest BCUT2D eigenvalue weighted by molar-refractivity contribution is 0.402.